The number of ether oxygens (including phenoxy) is 1. The Bertz CT molecular complexity index is 279. The Hall–Kier alpha value is -1.09. The van der Waals surface area contributed by atoms with E-state index in [-0.39, 0.29) is 17.9 Å². The van der Waals surface area contributed by atoms with Gasteiger partial charge >= 0.3 is 0 Å². The van der Waals surface area contributed by atoms with Gasteiger partial charge in [0.2, 0.25) is 0 Å². The minimum atomic E-state index is 0.0441. The van der Waals surface area contributed by atoms with Crippen molar-refractivity contribution in [3.05, 3.63) is 23.8 Å². The first-order chi connectivity index (χ1) is 6.56. The Balaban J connectivity index is 2.77. The fourth-order valence-corrected chi connectivity index (χ4v) is 1.50. The van der Waals surface area contributed by atoms with E-state index in [4.69, 9.17) is 4.74 Å². The molecule has 0 radical (unpaired) electrons. The summed E-state index contributed by atoms with van der Waals surface area (Å²) in [6, 6.07) is 0. The van der Waals surface area contributed by atoms with E-state index >= 15 is 0 Å². The number of rotatable bonds is 2. The first kappa shape index (κ1) is 11.0. The van der Waals surface area contributed by atoms with Crippen molar-refractivity contribution in [2.24, 2.45) is 5.92 Å². The number of hydrogen-bond donors (Lipinski definition) is 0. The van der Waals surface area contributed by atoms with E-state index in [1.807, 2.05) is 25.2 Å². The molecule has 1 amide bonds. The minimum Gasteiger partial charge on any atom is -0.377 e. The number of nitrogens with zero attached hydrogens (tertiary/aromatic N) is 1. The van der Waals surface area contributed by atoms with Crippen LogP contribution in [-0.4, -0.2) is 38.1 Å². The molecule has 1 unspecified atom stereocenters. The second kappa shape index (κ2) is 4.42. The smallest absolute Gasteiger partial charge is 0.253 e. The van der Waals surface area contributed by atoms with Crippen LogP contribution in [0.5, 0.6) is 0 Å². The molecule has 2 atom stereocenters. The average Bonchev–Trinajstić information content (AvgIpc) is 2.16. The van der Waals surface area contributed by atoms with Gasteiger partial charge in [-0.15, -0.1) is 0 Å². The van der Waals surface area contributed by atoms with Crippen molar-refractivity contribution >= 4 is 5.91 Å². The Kier molecular flexibility index (Phi) is 3.47. The van der Waals surface area contributed by atoms with Crippen LogP contribution in [0.3, 0.4) is 0 Å². The fourth-order valence-electron chi connectivity index (χ4n) is 1.50. The molecule has 1 rings (SSSR count). The van der Waals surface area contributed by atoms with Gasteiger partial charge in [0.05, 0.1) is 6.10 Å². The molecule has 78 valence electrons. The lowest BCUT2D eigenvalue weighted by Crippen LogP contribution is -2.27. The summed E-state index contributed by atoms with van der Waals surface area (Å²) in [5.41, 5.74) is 0.746. The predicted molar refractivity (Wildman–Crippen MR) is 55.9 cm³/mol. The highest BCUT2D eigenvalue weighted by Gasteiger charge is 2.19. The van der Waals surface area contributed by atoms with Gasteiger partial charge < -0.3 is 9.64 Å². The molecule has 3 heteroatoms. The topological polar surface area (TPSA) is 29.5 Å². The molecule has 3 nitrogen and oxygen atoms in total. The lowest BCUT2D eigenvalue weighted by atomic mass is 9.94. The molecule has 0 spiro atoms. The summed E-state index contributed by atoms with van der Waals surface area (Å²) in [6.45, 7) is 2.04. The van der Waals surface area contributed by atoms with Crippen LogP contribution in [-0.2, 0) is 9.53 Å². The summed E-state index contributed by atoms with van der Waals surface area (Å²) < 4.78 is 5.24. The van der Waals surface area contributed by atoms with Gasteiger partial charge in [0.25, 0.3) is 5.91 Å². The Morgan fingerprint density at radius 3 is 2.57 bits per heavy atom. The summed E-state index contributed by atoms with van der Waals surface area (Å²) in [5, 5.41) is 0. The second-order valence-corrected chi connectivity index (χ2v) is 3.74. The number of likely N-dealkylation sites (N-methyl/N-ethyl adjacent to an activating group) is 1. The van der Waals surface area contributed by atoms with E-state index in [2.05, 4.69) is 0 Å². The normalized spacial score (nSPS) is 25.9. The van der Waals surface area contributed by atoms with E-state index in [0.29, 0.717) is 0 Å². The molecular formula is C11H17NO2. The summed E-state index contributed by atoms with van der Waals surface area (Å²) in [4.78, 5) is 13.2. The van der Waals surface area contributed by atoms with Crippen molar-refractivity contribution in [1.29, 1.82) is 0 Å². The highest BCUT2D eigenvalue weighted by atomic mass is 16.5. The van der Waals surface area contributed by atoms with Gasteiger partial charge in [0, 0.05) is 32.7 Å². The van der Waals surface area contributed by atoms with Crippen molar-refractivity contribution in [3.8, 4) is 0 Å². The summed E-state index contributed by atoms with van der Waals surface area (Å²) in [7, 11) is 5.19. The van der Waals surface area contributed by atoms with Gasteiger partial charge in [-0.25, -0.2) is 0 Å². The van der Waals surface area contributed by atoms with Crippen LogP contribution < -0.4 is 0 Å². The molecule has 1 aliphatic rings. The van der Waals surface area contributed by atoms with Gasteiger partial charge in [-0.3, -0.25) is 4.79 Å². The third kappa shape index (κ3) is 2.23. The van der Waals surface area contributed by atoms with Gasteiger partial charge in [0.15, 0.2) is 0 Å². The monoisotopic (exact) mass is 195 g/mol. The standard InChI is InChI=1S/C11H17NO2/c1-8-7-9(11(13)12(2)3)5-6-10(8)14-4/h5-8,10H,1-4H3/t8?,10-/m0/s1. The third-order valence-corrected chi connectivity index (χ3v) is 2.35. The largest absolute Gasteiger partial charge is 0.377 e. The van der Waals surface area contributed by atoms with Crippen LogP contribution >= 0.6 is 0 Å². The fraction of sp³-hybridized carbons (Fsp3) is 0.545. The molecule has 0 heterocycles. The molecule has 0 aromatic heterocycles. The van der Waals surface area contributed by atoms with E-state index in [1.54, 1.807) is 26.1 Å². The maximum absolute atomic E-state index is 11.6. The number of carbonyl (C=O) groups excluding carboxylic acids is 1. The number of carbonyl (C=O) groups is 1. The second-order valence-electron chi connectivity index (χ2n) is 3.74. The number of methoxy groups -OCH3 is 1. The molecule has 0 bridgehead atoms. The highest BCUT2D eigenvalue weighted by molar-refractivity contribution is 5.96. The van der Waals surface area contributed by atoms with Crippen molar-refractivity contribution in [2.45, 2.75) is 13.0 Å². The zero-order chi connectivity index (χ0) is 10.7. The molecule has 0 fully saturated rings. The number of amides is 1. The van der Waals surface area contributed by atoms with Crippen LogP contribution in [0.15, 0.2) is 23.8 Å². The molecule has 0 aliphatic heterocycles. The molecule has 0 N–H and O–H groups in total. The lowest BCUT2D eigenvalue weighted by Gasteiger charge is -2.22. The zero-order valence-corrected chi connectivity index (χ0v) is 9.15. The third-order valence-electron chi connectivity index (χ3n) is 2.35. The SMILES string of the molecule is CO[C@H]1C=CC(C(=O)N(C)C)=CC1C. The van der Waals surface area contributed by atoms with Gasteiger partial charge in [-0.2, -0.15) is 0 Å². The summed E-state index contributed by atoms with van der Waals surface area (Å²) in [6.07, 6.45) is 5.81. The van der Waals surface area contributed by atoms with Crippen LogP contribution in [0, 0.1) is 5.92 Å². The van der Waals surface area contributed by atoms with Crippen LogP contribution in [0.1, 0.15) is 6.92 Å². The van der Waals surface area contributed by atoms with Crippen molar-refractivity contribution < 1.29 is 9.53 Å². The van der Waals surface area contributed by atoms with Gasteiger partial charge in [0.1, 0.15) is 0 Å². The zero-order valence-electron chi connectivity index (χ0n) is 9.15. The lowest BCUT2D eigenvalue weighted by molar-refractivity contribution is -0.124. The summed E-state index contributed by atoms with van der Waals surface area (Å²) in [5.74, 6) is 0.298. The Labute approximate surface area is 85.0 Å². The average molecular weight is 195 g/mol. The van der Waals surface area contributed by atoms with E-state index in [1.165, 1.54) is 0 Å². The van der Waals surface area contributed by atoms with Gasteiger partial charge in [-0.05, 0) is 0 Å². The molecular weight excluding hydrogens is 178 g/mol. The molecule has 0 saturated carbocycles. The van der Waals surface area contributed by atoms with Gasteiger partial charge in [-0.1, -0.05) is 25.2 Å². The van der Waals surface area contributed by atoms with E-state index < -0.39 is 0 Å². The summed E-state index contributed by atoms with van der Waals surface area (Å²) >= 11 is 0. The van der Waals surface area contributed by atoms with Crippen LogP contribution in [0.25, 0.3) is 0 Å². The first-order valence-electron chi connectivity index (χ1n) is 4.70. The van der Waals surface area contributed by atoms with Crippen LogP contribution in [0.2, 0.25) is 0 Å². The molecule has 0 aromatic carbocycles. The van der Waals surface area contributed by atoms with Crippen LogP contribution in [0.4, 0.5) is 0 Å². The Morgan fingerprint density at radius 1 is 1.50 bits per heavy atom. The molecule has 0 aromatic rings. The quantitative estimate of drug-likeness (QED) is 0.663. The van der Waals surface area contributed by atoms with Crippen molar-refractivity contribution in [3.63, 3.8) is 0 Å². The van der Waals surface area contributed by atoms with Crippen molar-refractivity contribution in [1.82, 2.24) is 4.90 Å². The maximum Gasteiger partial charge on any atom is 0.253 e. The minimum absolute atomic E-state index is 0.0441. The number of hydrogen-bond acceptors (Lipinski definition) is 2. The highest BCUT2D eigenvalue weighted by Crippen LogP contribution is 2.19. The molecule has 14 heavy (non-hydrogen) atoms. The van der Waals surface area contributed by atoms with E-state index in [9.17, 15) is 4.79 Å². The molecule has 1 aliphatic carbocycles. The molecule has 0 saturated heterocycles. The Morgan fingerprint density at radius 2 is 2.14 bits per heavy atom. The van der Waals surface area contributed by atoms with E-state index in [0.717, 1.165) is 5.57 Å². The predicted octanol–water partition coefficient (Wildman–Crippen LogP) is 1.22. The van der Waals surface area contributed by atoms with Crippen molar-refractivity contribution in [2.75, 3.05) is 21.2 Å². The first-order valence-corrected chi connectivity index (χ1v) is 4.70. The maximum atomic E-state index is 11.6.